The van der Waals surface area contributed by atoms with Gasteiger partial charge in [-0.3, -0.25) is 9.69 Å². The summed E-state index contributed by atoms with van der Waals surface area (Å²) in [4.78, 5) is 14.5. The Kier molecular flexibility index (Phi) is 8.81. The minimum atomic E-state index is -3.55. The summed E-state index contributed by atoms with van der Waals surface area (Å²) in [5.41, 5.74) is 1.70. The molecule has 2 aromatic rings. The predicted molar refractivity (Wildman–Crippen MR) is 123 cm³/mol. The number of methoxy groups -OCH3 is 1. The van der Waals surface area contributed by atoms with Crippen molar-refractivity contribution in [3.05, 3.63) is 53.6 Å². The van der Waals surface area contributed by atoms with Crippen molar-refractivity contribution in [3.63, 3.8) is 0 Å². The summed E-state index contributed by atoms with van der Waals surface area (Å²) in [7, 11) is -2.19. The molecule has 3 rings (SSSR count). The lowest BCUT2D eigenvalue weighted by molar-refractivity contribution is -0.122. The lowest BCUT2D eigenvalue weighted by Gasteiger charge is -2.33. The van der Waals surface area contributed by atoms with E-state index >= 15 is 0 Å². The lowest BCUT2D eigenvalue weighted by Crippen LogP contribution is -2.51. The zero-order valence-corrected chi connectivity index (χ0v) is 20.0. The van der Waals surface area contributed by atoms with Gasteiger partial charge in [0.25, 0.3) is 0 Å². The van der Waals surface area contributed by atoms with Crippen molar-refractivity contribution in [3.8, 4) is 11.5 Å². The van der Waals surface area contributed by atoms with Crippen molar-refractivity contribution in [1.29, 1.82) is 0 Å². The van der Waals surface area contributed by atoms with E-state index in [0.717, 1.165) is 5.56 Å². The van der Waals surface area contributed by atoms with Crippen LogP contribution >= 0.6 is 0 Å². The number of aryl methyl sites for hydroxylation is 1. The van der Waals surface area contributed by atoms with Crippen LogP contribution in [0.5, 0.6) is 11.5 Å². The van der Waals surface area contributed by atoms with Gasteiger partial charge >= 0.3 is 6.61 Å². The Morgan fingerprint density at radius 3 is 2.35 bits per heavy atom. The third-order valence-corrected chi connectivity index (χ3v) is 7.45. The molecule has 0 bridgehead atoms. The van der Waals surface area contributed by atoms with E-state index in [1.165, 1.54) is 17.5 Å². The fourth-order valence-electron chi connectivity index (χ4n) is 3.66. The summed E-state index contributed by atoms with van der Waals surface area (Å²) in [6.45, 7) is 0.926. The first-order chi connectivity index (χ1) is 16.2. The fraction of sp³-hybridized carbons (Fsp3) is 0.435. The van der Waals surface area contributed by atoms with Crippen LogP contribution in [0.4, 0.5) is 8.78 Å². The normalized spacial score (nSPS) is 15.3. The number of carbonyl (C=O) groups is 1. The quantitative estimate of drug-likeness (QED) is 0.542. The minimum Gasteiger partial charge on any atom is -0.493 e. The highest BCUT2D eigenvalue weighted by molar-refractivity contribution is 7.89. The number of hydrogen-bond donors (Lipinski definition) is 1. The van der Waals surface area contributed by atoms with E-state index in [1.807, 2.05) is 11.8 Å². The first-order valence-electron chi connectivity index (χ1n) is 10.9. The summed E-state index contributed by atoms with van der Waals surface area (Å²) in [6.07, 6.45) is 0.428. The number of nitrogens with one attached hydrogen (secondary N) is 1. The molecule has 0 atom stereocenters. The van der Waals surface area contributed by atoms with Gasteiger partial charge in [-0.1, -0.05) is 23.8 Å². The maximum Gasteiger partial charge on any atom is 0.387 e. The fourth-order valence-corrected chi connectivity index (χ4v) is 5.08. The van der Waals surface area contributed by atoms with Crippen molar-refractivity contribution in [2.75, 3.05) is 46.4 Å². The van der Waals surface area contributed by atoms with Crippen molar-refractivity contribution in [1.82, 2.24) is 14.5 Å². The predicted octanol–water partition coefficient (Wildman–Crippen LogP) is 2.27. The van der Waals surface area contributed by atoms with Crippen molar-refractivity contribution < 1.29 is 31.5 Å². The standard InChI is InChI=1S/C23H29F2N3O5S/c1-17-3-6-19(7-4-17)34(30,31)28-13-11-27(12-14-28)16-22(29)26-10-9-18-5-8-20(32-2)21(15-18)33-23(24)25/h3-8,15,23H,9-14,16H2,1-2H3,(H,26,29). The van der Waals surface area contributed by atoms with E-state index in [9.17, 15) is 22.0 Å². The molecule has 0 aromatic heterocycles. The first-order valence-corrected chi connectivity index (χ1v) is 12.3. The Bertz CT molecular complexity index is 1070. The maximum absolute atomic E-state index is 12.8. The Morgan fingerprint density at radius 1 is 1.06 bits per heavy atom. The number of piperazine rings is 1. The molecule has 8 nitrogen and oxygen atoms in total. The number of alkyl halides is 2. The van der Waals surface area contributed by atoms with E-state index in [0.29, 0.717) is 44.7 Å². The molecule has 0 spiro atoms. The van der Waals surface area contributed by atoms with Crippen LogP contribution in [0.2, 0.25) is 0 Å². The maximum atomic E-state index is 12.8. The van der Waals surface area contributed by atoms with E-state index in [1.54, 1.807) is 36.4 Å². The van der Waals surface area contributed by atoms with Gasteiger partial charge in [-0.2, -0.15) is 13.1 Å². The summed E-state index contributed by atoms with van der Waals surface area (Å²) in [6, 6.07) is 11.5. The molecule has 0 unspecified atom stereocenters. The largest absolute Gasteiger partial charge is 0.493 e. The molecule has 0 radical (unpaired) electrons. The molecule has 0 saturated carbocycles. The van der Waals surface area contributed by atoms with Crippen LogP contribution in [-0.4, -0.2) is 76.5 Å². The molecule has 11 heteroatoms. The topological polar surface area (TPSA) is 88.2 Å². The number of carbonyl (C=O) groups excluding carboxylic acids is 1. The zero-order valence-electron chi connectivity index (χ0n) is 19.2. The summed E-state index contributed by atoms with van der Waals surface area (Å²) >= 11 is 0. The second-order valence-corrected chi connectivity index (χ2v) is 9.89. The Morgan fingerprint density at radius 2 is 1.74 bits per heavy atom. The highest BCUT2D eigenvalue weighted by Crippen LogP contribution is 2.29. The number of amides is 1. The minimum absolute atomic E-state index is 0.0558. The third-order valence-electron chi connectivity index (χ3n) is 5.54. The molecule has 1 saturated heterocycles. The number of rotatable bonds is 10. The number of ether oxygens (including phenoxy) is 2. The number of benzene rings is 2. The molecule has 1 aliphatic rings. The summed E-state index contributed by atoms with van der Waals surface area (Å²) < 4.78 is 61.6. The second kappa shape index (κ2) is 11.6. The second-order valence-electron chi connectivity index (χ2n) is 7.96. The molecule has 1 aliphatic heterocycles. The monoisotopic (exact) mass is 497 g/mol. The molecule has 1 heterocycles. The lowest BCUT2D eigenvalue weighted by atomic mass is 10.1. The van der Waals surface area contributed by atoms with E-state index in [2.05, 4.69) is 10.1 Å². The van der Waals surface area contributed by atoms with Crippen LogP contribution in [0.25, 0.3) is 0 Å². The molecule has 1 N–H and O–H groups in total. The van der Waals surface area contributed by atoms with E-state index in [-0.39, 0.29) is 28.8 Å². The highest BCUT2D eigenvalue weighted by Gasteiger charge is 2.28. The van der Waals surface area contributed by atoms with Gasteiger partial charge in [-0.05, 0) is 43.2 Å². The van der Waals surface area contributed by atoms with Crippen LogP contribution in [0.1, 0.15) is 11.1 Å². The number of hydrogen-bond acceptors (Lipinski definition) is 6. The zero-order chi connectivity index (χ0) is 24.7. The van der Waals surface area contributed by atoms with Crippen LogP contribution < -0.4 is 14.8 Å². The molecular formula is C23H29F2N3O5S. The number of sulfonamides is 1. The van der Waals surface area contributed by atoms with Crippen molar-refractivity contribution in [2.45, 2.75) is 24.9 Å². The van der Waals surface area contributed by atoms with Gasteiger partial charge < -0.3 is 14.8 Å². The Hall–Kier alpha value is -2.76. The SMILES string of the molecule is COc1ccc(CCNC(=O)CN2CCN(S(=O)(=O)c3ccc(C)cc3)CC2)cc1OC(F)F. The third kappa shape index (κ3) is 6.87. The van der Waals surface area contributed by atoms with Crippen molar-refractivity contribution >= 4 is 15.9 Å². The number of halogens is 2. The molecule has 1 amide bonds. The smallest absolute Gasteiger partial charge is 0.387 e. The average Bonchev–Trinajstić information content (AvgIpc) is 2.79. The first kappa shape index (κ1) is 25.9. The van der Waals surface area contributed by atoms with Gasteiger partial charge in [-0.25, -0.2) is 8.42 Å². The molecular weight excluding hydrogens is 468 g/mol. The van der Waals surface area contributed by atoms with Gasteiger partial charge in [0.15, 0.2) is 11.5 Å². The average molecular weight is 498 g/mol. The Balaban J connectivity index is 1.44. The summed E-state index contributed by atoms with van der Waals surface area (Å²) in [5, 5.41) is 2.81. The number of nitrogens with zero attached hydrogens (tertiary/aromatic N) is 2. The Labute approximate surface area is 198 Å². The highest BCUT2D eigenvalue weighted by atomic mass is 32.2. The van der Waals surface area contributed by atoms with Gasteiger partial charge in [0.1, 0.15) is 0 Å². The molecule has 186 valence electrons. The summed E-state index contributed by atoms with van der Waals surface area (Å²) in [5.74, 6) is -0.0381. The van der Waals surface area contributed by atoms with Gasteiger partial charge in [0.05, 0.1) is 18.6 Å². The molecule has 2 aromatic carbocycles. The molecule has 0 aliphatic carbocycles. The van der Waals surface area contributed by atoms with Gasteiger partial charge in [0.2, 0.25) is 15.9 Å². The van der Waals surface area contributed by atoms with Gasteiger partial charge in [-0.15, -0.1) is 0 Å². The van der Waals surface area contributed by atoms with Crippen LogP contribution in [0, 0.1) is 6.92 Å². The van der Waals surface area contributed by atoms with Crippen LogP contribution in [0.15, 0.2) is 47.4 Å². The van der Waals surface area contributed by atoms with E-state index in [4.69, 9.17) is 4.74 Å². The van der Waals surface area contributed by atoms with Gasteiger partial charge in [0, 0.05) is 32.7 Å². The van der Waals surface area contributed by atoms with Crippen LogP contribution in [-0.2, 0) is 21.2 Å². The molecule has 1 fully saturated rings. The van der Waals surface area contributed by atoms with E-state index < -0.39 is 16.6 Å². The van der Waals surface area contributed by atoms with Crippen LogP contribution in [0.3, 0.4) is 0 Å². The van der Waals surface area contributed by atoms with Crippen molar-refractivity contribution in [2.24, 2.45) is 0 Å². The molecule has 34 heavy (non-hydrogen) atoms.